The summed E-state index contributed by atoms with van der Waals surface area (Å²) in [6, 6.07) is 20.8. The molecule has 0 saturated heterocycles. The molecule has 0 aromatic heterocycles. The fraction of sp³-hybridized carbons (Fsp3) is 0.286. The number of hydrogen-bond donors (Lipinski definition) is 1. The number of carbonyl (C=O) groups is 2. The molecule has 3 rings (SSSR count). The molecule has 38 heavy (non-hydrogen) atoms. The lowest BCUT2D eigenvalue weighted by molar-refractivity contribution is -0.139. The Balaban J connectivity index is 2.02. The van der Waals surface area contributed by atoms with E-state index in [-0.39, 0.29) is 23.4 Å². The molecule has 1 atom stereocenters. The summed E-state index contributed by atoms with van der Waals surface area (Å²) in [7, 11) is -2.60. The molecule has 8 nitrogen and oxygen atoms in total. The zero-order valence-corrected chi connectivity index (χ0v) is 24.2. The van der Waals surface area contributed by atoms with Crippen LogP contribution in [0.3, 0.4) is 0 Å². The highest BCUT2D eigenvalue weighted by molar-refractivity contribution is 9.10. The van der Waals surface area contributed by atoms with Crippen LogP contribution in [0.5, 0.6) is 5.75 Å². The zero-order valence-electron chi connectivity index (χ0n) is 21.8. The molecule has 0 aliphatic carbocycles. The van der Waals surface area contributed by atoms with E-state index in [0.717, 1.165) is 14.3 Å². The second-order valence-electron chi connectivity index (χ2n) is 9.01. The predicted molar refractivity (Wildman–Crippen MR) is 151 cm³/mol. The standard InChI is InChI=1S/C28H32BrN3O5S/c1-20(2)30-28(34)21(3)31(18-22-9-8-10-23(29)17-22)27(33)19-32(24-13-15-25(37-4)16-14-24)38(35,36)26-11-6-5-7-12-26/h5-17,20-21H,18-19H2,1-4H3,(H,30,34)/t21-/m0/s1. The molecule has 0 bridgehead atoms. The summed E-state index contributed by atoms with van der Waals surface area (Å²) in [5.41, 5.74) is 1.09. The zero-order chi connectivity index (χ0) is 27.9. The van der Waals surface area contributed by atoms with E-state index >= 15 is 0 Å². The van der Waals surface area contributed by atoms with Gasteiger partial charge in [-0.1, -0.05) is 46.3 Å². The smallest absolute Gasteiger partial charge is 0.264 e. The van der Waals surface area contributed by atoms with Crippen LogP contribution in [0.25, 0.3) is 0 Å². The van der Waals surface area contributed by atoms with Crippen molar-refractivity contribution in [2.45, 2.75) is 44.3 Å². The van der Waals surface area contributed by atoms with E-state index in [1.54, 1.807) is 49.4 Å². The second-order valence-corrected chi connectivity index (χ2v) is 11.8. The van der Waals surface area contributed by atoms with Gasteiger partial charge in [0.1, 0.15) is 18.3 Å². The summed E-state index contributed by atoms with van der Waals surface area (Å²) in [6.45, 7) is 4.92. The lowest BCUT2D eigenvalue weighted by atomic mass is 10.1. The van der Waals surface area contributed by atoms with E-state index in [0.29, 0.717) is 11.4 Å². The quantitative estimate of drug-likeness (QED) is 0.347. The third kappa shape index (κ3) is 7.35. The molecule has 3 aromatic carbocycles. The van der Waals surface area contributed by atoms with Crippen molar-refractivity contribution in [2.24, 2.45) is 0 Å². The van der Waals surface area contributed by atoms with Crippen LogP contribution in [-0.2, 0) is 26.2 Å². The minimum Gasteiger partial charge on any atom is -0.497 e. The maximum atomic E-state index is 13.9. The van der Waals surface area contributed by atoms with Crippen molar-refractivity contribution in [3.05, 3.63) is 88.9 Å². The third-order valence-electron chi connectivity index (χ3n) is 5.81. The normalized spacial score (nSPS) is 12.1. The Morgan fingerprint density at radius 2 is 1.61 bits per heavy atom. The van der Waals surface area contributed by atoms with Gasteiger partial charge in [-0.25, -0.2) is 8.42 Å². The van der Waals surface area contributed by atoms with Crippen molar-refractivity contribution in [2.75, 3.05) is 18.0 Å². The van der Waals surface area contributed by atoms with Crippen molar-refractivity contribution in [1.82, 2.24) is 10.2 Å². The van der Waals surface area contributed by atoms with Crippen LogP contribution in [0.15, 0.2) is 88.2 Å². The molecule has 202 valence electrons. The lowest BCUT2D eigenvalue weighted by Crippen LogP contribution is -2.52. The first-order chi connectivity index (χ1) is 18.0. The molecule has 0 saturated carbocycles. The summed E-state index contributed by atoms with van der Waals surface area (Å²) in [5.74, 6) is -0.302. The predicted octanol–water partition coefficient (Wildman–Crippen LogP) is 4.59. The summed E-state index contributed by atoms with van der Waals surface area (Å²) in [5, 5.41) is 2.84. The highest BCUT2D eigenvalue weighted by Gasteiger charge is 2.32. The number of halogens is 1. The van der Waals surface area contributed by atoms with Gasteiger partial charge in [0.2, 0.25) is 11.8 Å². The van der Waals surface area contributed by atoms with Gasteiger partial charge in [0.05, 0.1) is 17.7 Å². The van der Waals surface area contributed by atoms with Crippen molar-refractivity contribution in [3.8, 4) is 5.75 Å². The van der Waals surface area contributed by atoms with Crippen molar-refractivity contribution >= 4 is 43.5 Å². The molecule has 1 N–H and O–H groups in total. The minimum absolute atomic E-state index is 0.0488. The number of sulfonamides is 1. The van der Waals surface area contributed by atoms with E-state index in [1.807, 2.05) is 38.1 Å². The Bertz CT molecular complexity index is 1350. The van der Waals surface area contributed by atoms with Gasteiger partial charge in [0.25, 0.3) is 10.0 Å². The van der Waals surface area contributed by atoms with Crippen LogP contribution >= 0.6 is 15.9 Å². The van der Waals surface area contributed by atoms with Gasteiger partial charge in [-0.2, -0.15) is 0 Å². The Hall–Kier alpha value is -3.37. The SMILES string of the molecule is COc1ccc(N(CC(=O)N(Cc2cccc(Br)c2)[C@@H](C)C(=O)NC(C)C)S(=O)(=O)c2ccccc2)cc1. The summed E-state index contributed by atoms with van der Waals surface area (Å²) in [6.07, 6.45) is 0. The van der Waals surface area contributed by atoms with Gasteiger partial charge in [-0.15, -0.1) is 0 Å². The Labute approximate surface area is 232 Å². The number of anilines is 1. The van der Waals surface area contributed by atoms with Crippen LogP contribution in [0, 0.1) is 0 Å². The highest BCUT2D eigenvalue weighted by Crippen LogP contribution is 2.26. The highest BCUT2D eigenvalue weighted by atomic mass is 79.9. The molecule has 2 amide bonds. The fourth-order valence-corrected chi connectivity index (χ4v) is 5.70. The first kappa shape index (κ1) is 29.2. The van der Waals surface area contributed by atoms with Gasteiger partial charge in [0, 0.05) is 17.1 Å². The second kappa shape index (κ2) is 12.9. The van der Waals surface area contributed by atoms with E-state index in [2.05, 4.69) is 21.2 Å². The van der Waals surface area contributed by atoms with Crippen LogP contribution in [0.2, 0.25) is 0 Å². The average Bonchev–Trinajstić information content (AvgIpc) is 2.90. The Morgan fingerprint density at radius 1 is 0.947 bits per heavy atom. The van der Waals surface area contributed by atoms with Crippen molar-refractivity contribution in [3.63, 3.8) is 0 Å². The van der Waals surface area contributed by atoms with Crippen molar-refractivity contribution in [1.29, 1.82) is 0 Å². The number of carbonyl (C=O) groups excluding carboxylic acids is 2. The molecule has 0 unspecified atom stereocenters. The average molecular weight is 603 g/mol. The molecule has 0 heterocycles. The number of amides is 2. The van der Waals surface area contributed by atoms with Crippen molar-refractivity contribution < 1.29 is 22.7 Å². The number of benzene rings is 3. The molecule has 0 radical (unpaired) electrons. The maximum Gasteiger partial charge on any atom is 0.264 e. The van der Waals surface area contributed by atoms with E-state index in [1.165, 1.54) is 24.1 Å². The van der Waals surface area contributed by atoms with Crippen LogP contribution in [0.1, 0.15) is 26.3 Å². The van der Waals surface area contributed by atoms with Crippen LogP contribution in [-0.4, -0.2) is 50.9 Å². The number of hydrogen-bond acceptors (Lipinski definition) is 5. The first-order valence-electron chi connectivity index (χ1n) is 12.1. The molecule has 0 aliphatic heterocycles. The number of rotatable bonds is 11. The molecular weight excluding hydrogens is 570 g/mol. The molecule has 10 heteroatoms. The van der Waals surface area contributed by atoms with E-state index < -0.39 is 28.5 Å². The van der Waals surface area contributed by atoms with E-state index in [9.17, 15) is 18.0 Å². The van der Waals surface area contributed by atoms with Crippen LogP contribution < -0.4 is 14.4 Å². The minimum atomic E-state index is -4.11. The van der Waals surface area contributed by atoms with Gasteiger partial charge >= 0.3 is 0 Å². The summed E-state index contributed by atoms with van der Waals surface area (Å²) < 4.78 is 34.6. The number of methoxy groups -OCH3 is 1. The monoisotopic (exact) mass is 601 g/mol. The first-order valence-corrected chi connectivity index (χ1v) is 14.3. The fourth-order valence-electron chi connectivity index (χ4n) is 3.82. The largest absolute Gasteiger partial charge is 0.497 e. The Kier molecular flexibility index (Phi) is 9.93. The maximum absolute atomic E-state index is 13.9. The molecular formula is C28H32BrN3O5S. The molecule has 3 aromatic rings. The summed E-state index contributed by atoms with van der Waals surface area (Å²) in [4.78, 5) is 28.2. The Morgan fingerprint density at radius 3 is 2.18 bits per heavy atom. The number of nitrogens with one attached hydrogen (secondary N) is 1. The molecule has 0 fully saturated rings. The van der Waals surface area contributed by atoms with Gasteiger partial charge < -0.3 is 15.0 Å². The van der Waals surface area contributed by atoms with E-state index in [4.69, 9.17) is 4.74 Å². The number of ether oxygens (including phenoxy) is 1. The molecule has 0 aliphatic rings. The summed E-state index contributed by atoms with van der Waals surface area (Å²) >= 11 is 3.44. The van der Waals surface area contributed by atoms with Gasteiger partial charge in [0.15, 0.2) is 0 Å². The molecule has 0 spiro atoms. The van der Waals surface area contributed by atoms with Crippen LogP contribution in [0.4, 0.5) is 5.69 Å². The number of nitrogens with zero attached hydrogens (tertiary/aromatic N) is 2. The van der Waals surface area contributed by atoms with Gasteiger partial charge in [-0.3, -0.25) is 13.9 Å². The lowest BCUT2D eigenvalue weighted by Gasteiger charge is -2.32. The third-order valence-corrected chi connectivity index (χ3v) is 8.09. The van der Waals surface area contributed by atoms with Gasteiger partial charge in [-0.05, 0) is 74.9 Å². The topological polar surface area (TPSA) is 96.0 Å².